The second-order valence-corrected chi connectivity index (χ2v) is 17.4. The lowest BCUT2D eigenvalue weighted by Gasteiger charge is -2.34. The smallest absolute Gasteiger partial charge is 0.416 e. The molecular formula is C47H58F3N7O8. The lowest BCUT2D eigenvalue weighted by molar-refractivity contribution is -0.139. The third kappa shape index (κ3) is 11.1. The van der Waals surface area contributed by atoms with Gasteiger partial charge in [0.25, 0.3) is 0 Å². The molecule has 3 fully saturated rings. The van der Waals surface area contributed by atoms with E-state index >= 15 is 0 Å². The molecular weight excluding hydrogens is 848 g/mol. The van der Waals surface area contributed by atoms with Gasteiger partial charge in [-0.05, 0) is 110 Å². The first-order valence-corrected chi connectivity index (χ1v) is 22.0. The summed E-state index contributed by atoms with van der Waals surface area (Å²) in [7, 11) is 2.43. The molecule has 6 atom stereocenters. The van der Waals surface area contributed by atoms with E-state index in [-0.39, 0.29) is 47.5 Å². The molecule has 0 radical (unpaired) electrons. The molecule has 4 N–H and O–H groups in total. The van der Waals surface area contributed by atoms with Crippen LogP contribution in [0.4, 0.5) is 39.8 Å². The molecule has 0 aromatic heterocycles. The van der Waals surface area contributed by atoms with E-state index in [0.29, 0.717) is 68.7 Å². The summed E-state index contributed by atoms with van der Waals surface area (Å²) in [5, 5.41) is 11.0. The standard InChI is InChI=1S/C47H58F3N7O8/c1-27(2)39(53-45(62)64-5)43(60)55-25-7-9-37(55)41(58)51-32-17-11-29(12-18-32)35-23-24-36(57(35)34-21-15-31(16-22-34)47(48,49)50)30-13-19-33(20-14-30)52-42(59)38-10-8-26-56(38)44(61)40(28(3)4)54-46(63)65-6/h11-22,27-28,35-40H,7-10,23-26H2,1-6H3,(H,51,58)(H,52,59)(H,53,62)(H,54,63)/t35-,36-,37-,38?,39-,40-/m0/s1. The molecule has 18 heteroatoms. The molecule has 3 saturated heterocycles. The normalized spacial score (nSPS) is 20.6. The number of rotatable bonds is 13. The number of nitrogens with one attached hydrogen (secondary N) is 4. The molecule has 3 aromatic rings. The fourth-order valence-corrected chi connectivity index (χ4v) is 9.04. The summed E-state index contributed by atoms with van der Waals surface area (Å²) in [6.07, 6.45) is -2.55. The van der Waals surface area contributed by atoms with Gasteiger partial charge in [-0.15, -0.1) is 0 Å². The van der Waals surface area contributed by atoms with Crippen LogP contribution in [0.5, 0.6) is 0 Å². The fraction of sp³-hybridized carbons (Fsp3) is 0.489. The van der Waals surface area contributed by atoms with E-state index in [2.05, 4.69) is 26.2 Å². The molecule has 350 valence electrons. The largest absolute Gasteiger partial charge is 0.453 e. The molecule has 0 spiro atoms. The lowest BCUT2D eigenvalue weighted by atomic mass is 10.0. The molecule has 0 bridgehead atoms. The number of alkyl halides is 3. The summed E-state index contributed by atoms with van der Waals surface area (Å²) >= 11 is 0. The van der Waals surface area contributed by atoms with Crippen molar-refractivity contribution in [1.29, 1.82) is 0 Å². The number of amides is 6. The number of likely N-dealkylation sites (tertiary alicyclic amines) is 2. The maximum atomic E-state index is 13.7. The van der Waals surface area contributed by atoms with Gasteiger partial charge >= 0.3 is 18.4 Å². The lowest BCUT2D eigenvalue weighted by Crippen LogP contribution is -2.54. The summed E-state index contributed by atoms with van der Waals surface area (Å²) in [4.78, 5) is 83.2. The molecule has 65 heavy (non-hydrogen) atoms. The van der Waals surface area contributed by atoms with Gasteiger partial charge < -0.3 is 45.4 Å². The molecule has 6 amide bonds. The van der Waals surface area contributed by atoms with Gasteiger partial charge in [-0.1, -0.05) is 52.0 Å². The second-order valence-electron chi connectivity index (χ2n) is 17.4. The van der Waals surface area contributed by atoms with Crippen LogP contribution in [0.2, 0.25) is 0 Å². The molecule has 3 aliphatic heterocycles. The van der Waals surface area contributed by atoms with Gasteiger partial charge in [0.2, 0.25) is 23.6 Å². The van der Waals surface area contributed by atoms with Crippen molar-refractivity contribution in [2.45, 2.75) is 109 Å². The highest BCUT2D eigenvalue weighted by Gasteiger charge is 2.41. The van der Waals surface area contributed by atoms with Gasteiger partial charge in [-0.25, -0.2) is 9.59 Å². The molecule has 6 rings (SSSR count). The monoisotopic (exact) mass is 905 g/mol. The number of nitrogens with zero attached hydrogens (tertiary/aromatic N) is 3. The minimum absolute atomic E-state index is 0.250. The Morgan fingerprint density at radius 3 is 1.31 bits per heavy atom. The highest BCUT2D eigenvalue weighted by atomic mass is 19.4. The minimum Gasteiger partial charge on any atom is -0.453 e. The molecule has 3 heterocycles. The van der Waals surface area contributed by atoms with Crippen LogP contribution in [-0.4, -0.2) is 97.1 Å². The number of carbonyl (C=O) groups excluding carboxylic acids is 6. The van der Waals surface area contributed by atoms with E-state index in [9.17, 15) is 41.9 Å². The second kappa shape index (κ2) is 20.7. The maximum Gasteiger partial charge on any atom is 0.416 e. The van der Waals surface area contributed by atoms with Crippen LogP contribution in [-0.2, 0) is 34.8 Å². The number of hydrogen-bond acceptors (Lipinski definition) is 9. The van der Waals surface area contributed by atoms with Crippen LogP contribution >= 0.6 is 0 Å². The Labute approximate surface area is 376 Å². The molecule has 0 aliphatic carbocycles. The van der Waals surface area contributed by atoms with E-state index in [1.165, 1.54) is 36.2 Å². The summed E-state index contributed by atoms with van der Waals surface area (Å²) in [6, 6.07) is 15.9. The minimum atomic E-state index is -4.51. The van der Waals surface area contributed by atoms with Gasteiger partial charge in [0.05, 0.1) is 31.9 Å². The van der Waals surface area contributed by atoms with E-state index in [4.69, 9.17) is 9.47 Å². The zero-order valence-corrected chi connectivity index (χ0v) is 37.4. The Morgan fingerprint density at radius 2 is 0.969 bits per heavy atom. The summed E-state index contributed by atoms with van der Waals surface area (Å²) in [5.41, 5.74) is 2.57. The number of carbonyl (C=O) groups is 6. The van der Waals surface area contributed by atoms with Crippen LogP contribution in [0, 0.1) is 11.8 Å². The third-order valence-electron chi connectivity index (χ3n) is 12.5. The number of ether oxygens (including phenoxy) is 2. The SMILES string of the molecule is COC(=O)N[C@H](C(=O)N1CCCC1C(=O)Nc1ccc([C@@H]2CC[C@@H](c3ccc(NC(=O)[C@@H]4CCCN4C(=O)[C@@H](NC(=O)OC)C(C)C)cc3)N2c2ccc(C(F)(F)F)cc2)cc1)C(C)C. The first-order valence-electron chi connectivity index (χ1n) is 22.0. The summed E-state index contributed by atoms with van der Waals surface area (Å²) in [5.74, 6) is -1.96. The van der Waals surface area contributed by atoms with Crippen LogP contribution in [0.25, 0.3) is 0 Å². The van der Waals surface area contributed by atoms with Gasteiger partial charge in [0, 0.05) is 30.2 Å². The number of alkyl carbamates (subject to hydrolysis) is 2. The van der Waals surface area contributed by atoms with E-state index < -0.39 is 48.1 Å². The van der Waals surface area contributed by atoms with Crippen LogP contribution < -0.4 is 26.2 Å². The number of halogens is 3. The van der Waals surface area contributed by atoms with Crippen molar-refractivity contribution in [2.24, 2.45) is 11.8 Å². The summed E-state index contributed by atoms with van der Waals surface area (Å²) in [6.45, 7) is 7.91. The van der Waals surface area contributed by atoms with Gasteiger partial charge in [-0.2, -0.15) is 13.2 Å². The van der Waals surface area contributed by atoms with Crippen molar-refractivity contribution in [3.05, 3.63) is 89.5 Å². The molecule has 0 saturated carbocycles. The Balaban J connectivity index is 1.17. The number of anilines is 3. The number of methoxy groups -OCH3 is 2. The predicted molar refractivity (Wildman–Crippen MR) is 237 cm³/mol. The van der Waals surface area contributed by atoms with Crippen LogP contribution in [0.3, 0.4) is 0 Å². The first-order chi connectivity index (χ1) is 30.9. The average Bonchev–Trinajstić information content (AvgIpc) is 4.08. The van der Waals surface area contributed by atoms with Crippen molar-refractivity contribution < 1.29 is 51.4 Å². The Hall–Kier alpha value is -6.33. The predicted octanol–water partition coefficient (Wildman–Crippen LogP) is 7.41. The van der Waals surface area contributed by atoms with Crippen molar-refractivity contribution in [2.75, 3.05) is 42.8 Å². The van der Waals surface area contributed by atoms with E-state index in [0.717, 1.165) is 23.3 Å². The maximum absolute atomic E-state index is 13.7. The summed E-state index contributed by atoms with van der Waals surface area (Å²) < 4.78 is 50.4. The molecule has 3 aromatic carbocycles. The van der Waals surface area contributed by atoms with Crippen molar-refractivity contribution in [3.63, 3.8) is 0 Å². The molecule has 3 aliphatic rings. The van der Waals surface area contributed by atoms with Crippen molar-refractivity contribution in [3.8, 4) is 0 Å². The average molecular weight is 906 g/mol. The topological polar surface area (TPSA) is 179 Å². The van der Waals surface area contributed by atoms with E-state index in [1.54, 1.807) is 52.0 Å². The zero-order valence-electron chi connectivity index (χ0n) is 37.4. The third-order valence-corrected chi connectivity index (χ3v) is 12.5. The Morgan fingerprint density at radius 1 is 0.585 bits per heavy atom. The van der Waals surface area contributed by atoms with Gasteiger partial charge in [-0.3, -0.25) is 19.2 Å². The number of hydrogen-bond donors (Lipinski definition) is 4. The highest BCUT2D eigenvalue weighted by molar-refractivity contribution is 5.99. The quantitative estimate of drug-likeness (QED) is 0.136. The Bertz CT molecular complexity index is 2060. The van der Waals surface area contributed by atoms with Crippen molar-refractivity contribution >= 4 is 52.9 Å². The number of benzene rings is 3. The van der Waals surface area contributed by atoms with Crippen LogP contribution in [0.1, 0.15) is 95.0 Å². The highest BCUT2D eigenvalue weighted by Crippen LogP contribution is 2.47. The van der Waals surface area contributed by atoms with Crippen LogP contribution in [0.15, 0.2) is 72.8 Å². The fourth-order valence-electron chi connectivity index (χ4n) is 9.04. The van der Waals surface area contributed by atoms with Gasteiger partial charge in [0.15, 0.2) is 0 Å². The molecule has 15 nitrogen and oxygen atoms in total. The van der Waals surface area contributed by atoms with Gasteiger partial charge in [0.1, 0.15) is 24.2 Å². The molecule has 1 unspecified atom stereocenters. The zero-order chi connectivity index (χ0) is 47.2. The van der Waals surface area contributed by atoms with Crippen molar-refractivity contribution in [1.82, 2.24) is 20.4 Å². The van der Waals surface area contributed by atoms with E-state index in [1.807, 2.05) is 24.3 Å². The Kier molecular flexibility index (Phi) is 15.3. The first kappa shape index (κ1) is 48.1.